The van der Waals surface area contributed by atoms with Gasteiger partial charge < -0.3 is 0 Å². The van der Waals surface area contributed by atoms with E-state index in [-0.39, 0.29) is 0 Å². The largest absolute Gasteiger partial charge is 0.200 e. The van der Waals surface area contributed by atoms with Gasteiger partial charge in [-0.05, 0) is 43.1 Å². The van der Waals surface area contributed by atoms with Crippen molar-refractivity contribution in [2.45, 2.75) is 87.1 Å². The number of rotatable bonds is 6. The Bertz CT molecular complexity index is 451. The van der Waals surface area contributed by atoms with E-state index >= 15 is 0 Å². The summed E-state index contributed by atoms with van der Waals surface area (Å²) in [7, 11) is 0. The molecule has 1 aromatic heterocycles. The second-order valence-electron chi connectivity index (χ2n) is 8.73. The van der Waals surface area contributed by atoms with Crippen LogP contribution in [0.1, 0.15) is 85.0 Å². The van der Waals surface area contributed by atoms with Gasteiger partial charge in [0.15, 0.2) is 17.9 Å². The van der Waals surface area contributed by atoms with Gasteiger partial charge in [0.05, 0.1) is 0 Å². The van der Waals surface area contributed by atoms with Crippen molar-refractivity contribution in [3.05, 3.63) is 29.6 Å². The van der Waals surface area contributed by atoms with E-state index in [9.17, 15) is 0 Å². The Morgan fingerprint density at radius 1 is 1.10 bits per heavy atom. The van der Waals surface area contributed by atoms with Crippen LogP contribution in [-0.4, -0.2) is 0 Å². The molecule has 0 aliphatic carbocycles. The van der Waals surface area contributed by atoms with E-state index in [2.05, 4.69) is 78.3 Å². The third-order valence-corrected chi connectivity index (χ3v) is 4.38. The lowest BCUT2D eigenvalue weighted by atomic mass is 9.73. The molecule has 0 fully saturated rings. The summed E-state index contributed by atoms with van der Waals surface area (Å²) >= 11 is 0. The van der Waals surface area contributed by atoms with Gasteiger partial charge >= 0.3 is 0 Å². The van der Waals surface area contributed by atoms with Gasteiger partial charge in [0.1, 0.15) is 0 Å². The number of hydrogen-bond donors (Lipinski definition) is 0. The first-order chi connectivity index (χ1) is 9.54. The number of pyridine rings is 1. The normalized spacial score (nSPS) is 14.3. The summed E-state index contributed by atoms with van der Waals surface area (Å²) in [6.45, 7) is 18.7. The van der Waals surface area contributed by atoms with Crippen molar-refractivity contribution in [3.8, 4) is 0 Å². The van der Waals surface area contributed by atoms with Gasteiger partial charge in [-0.15, -0.1) is 0 Å². The van der Waals surface area contributed by atoms with Crippen molar-refractivity contribution in [3.63, 3.8) is 0 Å². The minimum atomic E-state index is 0.415. The Labute approximate surface area is 132 Å². The molecule has 0 aliphatic rings. The average molecular weight is 291 g/mol. The molecule has 0 spiro atoms. The van der Waals surface area contributed by atoms with Crippen LogP contribution in [0.4, 0.5) is 0 Å². The maximum atomic E-state index is 2.46. The second-order valence-corrected chi connectivity index (χ2v) is 8.73. The summed E-state index contributed by atoms with van der Waals surface area (Å²) in [5.74, 6) is 0. The SMILES string of the molecule is CCc1ccc(C)[n+](C(C)CCC(C)(C)CC(C)(C)C)c1. The summed E-state index contributed by atoms with van der Waals surface area (Å²) in [5, 5.41) is 0. The van der Waals surface area contributed by atoms with Crippen LogP contribution in [0.25, 0.3) is 0 Å². The van der Waals surface area contributed by atoms with E-state index in [1.165, 1.54) is 30.5 Å². The fourth-order valence-electron chi connectivity index (χ4n) is 3.58. The Balaban J connectivity index is 2.71. The van der Waals surface area contributed by atoms with Gasteiger partial charge in [-0.25, -0.2) is 4.57 Å². The lowest BCUT2D eigenvalue weighted by Crippen LogP contribution is -2.41. The van der Waals surface area contributed by atoms with Gasteiger partial charge in [0.2, 0.25) is 0 Å². The molecule has 1 rings (SSSR count). The van der Waals surface area contributed by atoms with Crippen molar-refractivity contribution in [1.82, 2.24) is 0 Å². The summed E-state index contributed by atoms with van der Waals surface area (Å²) in [6.07, 6.45) is 7.28. The van der Waals surface area contributed by atoms with Crippen LogP contribution in [0.2, 0.25) is 0 Å². The van der Waals surface area contributed by atoms with Crippen LogP contribution >= 0.6 is 0 Å². The van der Waals surface area contributed by atoms with Gasteiger partial charge in [-0.2, -0.15) is 0 Å². The zero-order valence-corrected chi connectivity index (χ0v) is 15.6. The highest BCUT2D eigenvalue weighted by Crippen LogP contribution is 2.37. The Morgan fingerprint density at radius 2 is 1.71 bits per heavy atom. The molecule has 0 radical (unpaired) electrons. The van der Waals surface area contributed by atoms with E-state index in [4.69, 9.17) is 0 Å². The van der Waals surface area contributed by atoms with Crippen LogP contribution in [0, 0.1) is 17.8 Å². The fraction of sp³-hybridized carbons (Fsp3) is 0.750. The van der Waals surface area contributed by atoms with Crippen molar-refractivity contribution in [2.24, 2.45) is 10.8 Å². The molecular formula is C20H36N+. The lowest BCUT2D eigenvalue weighted by molar-refractivity contribution is -0.726. The van der Waals surface area contributed by atoms with Crippen molar-refractivity contribution in [2.75, 3.05) is 0 Å². The Morgan fingerprint density at radius 3 is 2.24 bits per heavy atom. The molecule has 0 saturated carbocycles. The molecule has 0 aliphatic heterocycles. The minimum Gasteiger partial charge on any atom is -0.200 e. The first kappa shape index (κ1) is 18.2. The smallest absolute Gasteiger partial charge is 0.178 e. The van der Waals surface area contributed by atoms with Crippen LogP contribution in [-0.2, 0) is 6.42 Å². The van der Waals surface area contributed by atoms with Crippen molar-refractivity contribution >= 4 is 0 Å². The second kappa shape index (κ2) is 6.94. The van der Waals surface area contributed by atoms with Crippen LogP contribution in [0.15, 0.2) is 18.3 Å². The van der Waals surface area contributed by atoms with E-state index in [0.29, 0.717) is 16.9 Å². The number of hydrogen-bond acceptors (Lipinski definition) is 0. The molecule has 120 valence electrons. The van der Waals surface area contributed by atoms with Crippen LogP contribution < -0.4 is 4.57 Å². The van der Waals surface area contributed by atoms with E-state index in [1.807, 2.05) is 0 Å². The molecule has 1 nitrogen and oxygen atoms in total. The average Bonchev–Trinajstić information content (AvgIpc) is 2.34. The summed E-state index contributed by atoms with van der Waals surface area (Å²) in [6, 6.07) is 5.09. The topological polar surface area (TPSA) is 3.88 Å². The zero-order chi connectivity index (χ0) is 16.3. The lowest BCUT2D eigenvalue weighted by Gasteiger charge is -2.32. The predicted octanol–water partition coefficient (Wildman–Crippen LogP) is 5.65. The molecular weight excluding hydrogens is 254 g/mol. The molecule has 1 aromatic rings. The van der Waals surface area contributed by atoms with E-state index in [0.717, 1.165) is 6.42 Å². The molecule has 0 amide bonds. The predicted molar refractivity (Wildman–Crippen MR) is 92.6 cm³/mol. The summed E-state index contributed by atoms with van der Waals surface area (Å²) < 4.78 is 2.46. The molecule has 0 aromatic carbocycles. The Kier molecular flexibility index (Phi) is 6.01. The quantitative estimate of drug-likeness (QED) is 0.596. The standard InChI is InChI=1S/C20H36N/c1-9-18-11-10-16(2)21(14-18)17(3)12-13-20(7,8)15-19(4,5)6/h10-11,14,17H,9,12-13,15H2,1-8H3/q+1. The molecule has 1 heterocycles. The molecule has 1 heteroatoms. The molecule has 1 atom stereocenters. The molecule has 21 heavy (non-hydrogen) atoms. The summed E-state index contributed by atoms with van der Waals surface area (Å²) in [4.78, 5) is 0. The third kappa shape index (κ3) is 6.20. The monoisotopic (exact) mass is 290 g/mol. The Hall–Kier alpha value is -0.850. The van der Waals surface area contributed by atoms with Crippen molar-refractivity contribution < 1.29 is 4.57 Å². The highest BCUT2D eigenvalue weighted by molar-refractivity contribution is 5.08. The van der Waals surface area contributed by atoms with Crippen molar-refractivity contribution in [1.29, 1.82) is 0 Å². The highest BCUT2D eigenvalue weighted by atomic mass is 15.0. The number of aryl methyl sites for hydroxylation is 2. The first-order valence-electron chi connectivity index (χ1n) is 8.55. The van der Waals surface area contributed by atoms with Crippen LogP contribution in [0.5, 0.6) is 0 Å². The van der Waals surface area contributed by atoms with E-state index < -0.39 is 0 Å². The first-order valence-corrected chi connectivity index (χ1v) is 8.55. The van der Waals surface area contributed by atoms with Gasteiger partial charge in [0, 0.05) is 25.0 Å². The molecule has 0 N–H and O–H groups in total. The molecule has 1 unspecified atom stereocenters. The minimum absolute atomic E-state index is 0.415. The fourth-order valence-corrected chi connectivity index (χ4v) is 3.58. The third-order valence-electron chi connectivity index (χ3n) is 4.38. The zero-order valence-electron chi connectivity index (χ0n) is 15.6. The summed E-state index contributed by atoms with van der Waals surface area (Å²) in [5.41, 5.74) is 3.64. The molecule has 0 bridgehead atoms. The molecule has 0 saturated heterocycles. The van der Waals surface area contributed by atoms with Gasteiger partial charge in [0.25, 0.3) is 0 Å². The maximum absolute atomic E-state index is 2.46. The van der Waals surface area contributed by atoms with E-state index in [1.54, 1.807) is 0 Å². The van der Waals surface area contributed by atoms with Gasteiger partial charge in [-0.1, -0.05) is 41.5 Å². The van der Waals surface area contributed by atoms with Gasteiger partial charge in [-0.3, -0.25) is 0 Å². The maximum Gasteiger partial charge on any atom is 0.178 e. The highest BCUT2D eigenvalue weighted by Gasteiger charge is 2.27. The van der Waals surface area contributed by atoms with Crippen LogP contribution in [0.3, 0.4) is 0 Å². The number of aromatic nitrogens is 1. The number of nitrogens with zero attached hydrogens (tertiary/aromatic N) is 1.